The Morgan fingerprint density at radius 2 is 2.03 bits per heavy atom. The zero-order valence-electron chi connectivity index (χ0n) is 18.9. The third-order valence-electron chi connectivity index (χ3n) is 6.95. The number of halogens is 3. The Morgan fingerprint density at radius 3 is 2.83 bits per heavy atom. The Bertz CT molecular complexity index is 1450. The average Bonchev–Trinajstić information content (AvgIpc) is 3.66. The molecule has 1 fully saturated rings. The van der Waals surface area contributed by atoms with Gasteiger partial charge in [-0.2, -0.15) is 4.68 Å². The van der Waals surface area contributed by atoms with Gasteiger partial charge >= 0.3 is 0 Å². The van der Waals surface area contributed by atoms with Crippen LogP contribution < -0.4 is 0 Å². The van der Waals surface area contributed by atoms with Crippen LogP contribution in [0.25, 0.3) is 22.5 Å². The molecule has 1 saturated heterocycles. The minimum atomic E-state index is -0.563. The van der Waals surface area contributed by atoms with E-state index in [1.807, 2.05) is 6.08 Å². The number of rotatable bonds is 5. The Hall–Kier alpha value is -3.54. The maximum atomic E-state index is 15.2. The Labute approximate surface area is 209 Å². The Kier molecular flexibility index (Phi) is 5.82. The molecule has 2 N–H and O–H groups in total. The average molecular weight is 511 g/mol. The smallest absolute Gasteiger partial charge is 0.156 e. The lowest BCUT2D eigenvalue weighted by Crippen LogP contribution is -2.35. The molecule has 2 aliphatic heterocycles. The normalized spacial score (nSPS) is 19.9. The van der Waals surface area contributed by atoms with Crippen LogP contribution in [-0.4, -0.2) is 57.8 Å². The van der Waals surface area contributed by atoms with Crippen LogP contribution in [0.5, 0.6) is 0 Å². The van der Waals surface area contributed by atoms with Crippen LogP contribution in [0.2, 0.25) is 5.02 Å². The molecule has 36 heavy (non-hydrogen) atoms. The highest BCUT2D eigenvalue weighted by Crippen LogP contribution is 2.43. The van der Waals surface area contributed by atoms with Crippen LogP contribution in [0.3, 0.4) is 0 Å². The zero-order chi connectivity index (χ0) is 24.8. The lowest BCUT2D eigenvalue weighted by Gasteiger charge is -2.33. The second-order valence-corrected chi connectivity index (χ2v) is 9.25. The third kappa shape index (κ3) is 3.80. The molecule has 0 saturated carbocycles. The lowest BCUT2D eigenvalue weighted by atomic mass is 9.92. The molecular formula is C24H21ClF2N8O. The molecule has 0 spiro atoms. The van der Waals surface area contributed by atoms with Gasteiger partial charge in [-0.1, -0.05) is 17.7 Å². The molecule has 0 aliphatic carbocycles. The summed E-state index contributed by atoms with van der Waals surface area (Å²) in [5.41, 5.74) is 2.64. The molecule has 0 bridgehead atoms. The van der Waals surface area contributed by atoms with Crippen LogP contribution in [0.15, 0.2) is 43.0 Å². The number of hydrogen-bond acceptors (Lipinski definition) is 7. The van der Waals surface area contributed by atoms with Gasteiger partial charge in [0.2, 0.25) is 0 Å². The quantitative estimate of drug-likeness (QED) is 0.419. The minimum Gasteiger partial charge on any atom is -0.390 e. The van der Waals surface area contributed by atoms with E-state index in [0.29, 0.717) is 35.5 Å². The summed E-state index contributed by atoms with van der Waals surface area (Å²) in [6.45, 7) is 0.121. The maximum Gasteiger partial charge on any atom is 0.156 e. The van der Waals surface area contributed by atoms with Crippen molar-refractivity contribution in [2.75, 3.05) is 6.54 Å². The first kappa shape index (κ1) is 22.9. The first-order valence-corrected chi connectivity index (χ1v) is 11.9. The molecule has 2 aliphatic rings. The van der Waals surface area contributed by atoms with Crippen LogP contribution in [0.1, 0.15) is 42.4 Å². The predicted octanol–water partition coefficient (Wildman–Crippen LogP) is 3.86. The Balaban J connectivity index is 1.29. The number of fused-ring (bicyclic) bond motifs is 1. The van der Waals surface area contributed by atoms with E-state index in [-0.39, 0.29) is 22.8 Å². The molecule has 5 heterocycles. The van der Waals surface area contributed by atoms with Gasteiger partial charge in [0.25, 0.3) is 0 Å². The van der Waals surface area contributed by atoms with E-state index in [1.165, 1.54) is 23.3 Å². The third-order valence-corrected chi connectivity index (χ3v) is 7.24. The van der Waals surface area contributed by atoms with Crippen molar-refractivity contribution in [3.63, 3.8) is 0 Å². The number of nitrogens with zero attached hydrogens (tertiary/aromatic N) is 7. The van der Waals surface area contributed by atoms with Crippen LogP contribution in [0, 0.1) is 11.6 Å². The number of aliphatic hydroxyl groups excluding tert-OH is 1. The summed E-state index contributed by atoms with van der Waals surface area (Å²) in [4.78, 5) is 14.0. The number of nitrogens with one attached hydrogen (secondary N) is 1. The lowest BCUT2D eigenvalue weighted by molar-refractivity contribution is 0.205. The zero-order valence-corrected chi connectivity index (χ0v) is 19.7. The van der Waals surface area contributed by atoms with Crippen molar-refractivity contribution in [2.24, 2.45) is 0 Å². The van der Waals surface area contributed by atoms with Gasteiger partial charge in [-0.15, -0.1) is 5.10 Å². The fourth-order valence-electron chi connectivity index (χ4n) is 5.24. The molecule has 0 radical (unpaired) electrons. The molecule has 2 atom stereocenters. The summed E-state index contributed by atoms with van der Waals surface area (Å²) in [5, 5.41) is 20.6. The van der Waals surface area contributed by atoms with Crippen molar-refractivity contribution in [3.8, 4) is 16.9 Å². The van der Waals surface area contributed by atoms with E-state index in [9.17, 15) is 9.50 Å². The molecule has 0 unspecified atom stereocenters. The topological polar surface area (TPSA) is 109 Å². The fourth-order valence-corrected chi connectivity index (χ4v) is 5.40. The van der Waals surface area contributed by atoms with Crippen LogP contribution in [-0.2, 0) is 6.61 Å². The molecule has 184 valence electrons. The number of benzene rings is 1. The van der Waals surface area contributed by atoms with E-state index in [2.05, 4.69) is 35.4 Å². The number of aromatic amines is 1. The predicted molar refractivity (Wildman–Crippen MR) is 127 cm³/mol. The van der Waals surface area contributed by atoms with E-state index in [4.69, 9.17) is 11.6 Å². The van der Waals surface area contributed by atoms with E-state index >= 15 is 4.39 Å². The number of H-pyrrole nitrogens is 1. The molecule has 4 aromatic rings. The first-order valence-electron chi connectivity index (χ1n) is 11.5. The molecule has 0 amide bonds. The standard InChI is InChI=1S/C24H21ClF2N8O/c25-16-2-4-19(35-12-30-32-33-35)21(23(16)27)13-6-8-34-14(9-13)1-3-20(34)24-29-10-17(31-24)15-5-7-28-18(11-36)22(15)26/h2,4-7,10,12,14,20,36H,1,3,8-9,11H2,(H,29,31)/t14-,20-/m0/s1. The Morgan fingerprint density at radius 1 is 1.14 bits per heavy atom. The van der Waals surface area contributed by atoms with Gasteiger partial charge in [-0.3, -0.25) is 9.88 Å². The van der Waals surface area contributed by atoms with Gasteiger partial charge in [-0.25, -0.2) is 13.8 Å². The highest BCUT2D eigenvalue weighted by atomic mass is 35.5. The number of aliphatic hydroxyl groups is 1. The summed E-state index contributed by atoms with van der Waals surface area (Å²) in [6, 6.07) is 4.98. The van der Waals surface area contributed by atoms with Crippen molar-refractivity contribution in [2.45, 2.75) is 38.0 Å². The van der Waals surface area contributed by atoms with Crippen molar-refractivity contribution in [1.82, 2.24) is 40.1 Å². The van der Waals surface area contributed by atoms with E-state index in [0.717, 1.165) is 24.2 Å². The number of pyridine rings is 1. The van der Waals surface area contributed by atoms with Gasteiger partial charge < -0.3 is 10.1 Å². The molecule has 6 rings (SSSR count). The highest BCUT2D eigenvalue weighted by molar-refractivity contribution is 6.31. The van der Waals surface area contributed by atoms with Gasteiger partial charge in [-0.05, 0) is 53.5 Å². The fraction of sp³-hybridized carbons (Fsp3) is 0.292. The molecular weight excluding hydrogens is 490 g/mol. The number of aromatic nitrogens is 7. The summed E-state index contributed by atoms with van der Waals surface area (Å²) in [6.07, 6.45) is 8.90. The van der Waals surface area contributed by atoms with Crippen LogP contribution in [0.4, 0.5) is 8.78 Å². The SMILES string of the molecule is OCc1nccc(-c2cnc([C@@H]3CC[C@H]4CC(c5c(-n6cnnn6)ccc(Cl)c5F)=CCN43)[nH]2)c1F. The molecule has 3 aromatic heterocycles. The largest absolute Gasteiger partial charge is 0.390 e. The van der Waals surface area contributed by atoms with Gasteiger partial charge in [0, 0.05) is 29.9 Å². The van der Waals surface area contributed by atoms with Crippen LogP contribution >= 0.6 is 11.6 Å². The van der Waals surface area contributed by atoms with E-state index < -0.39 is 18.2 Å². The second kappa shape index (κ2) is 9.16. The summed E-state index contributed by atoms with van der Waals surface area (Å²) < 4.78 is 31.3. The van der Waals surface area contributed by atoms with Crippen molar-refractivity contribution in [1.29, 1.82) is 0 Å². The molecule has 12 heteroatoms. The number of hydrogen-bond donors (Lipinski definition) is 2. The van der Waals surface area contributed by atoms with Crippen molar-refractivity contribution in [3.05, 3.63) is 76.7 Å². The molecule has 1 aromatic carbocycles. The monoisotopic (exact) mass is 510 g/mol. The van der Waals surface area contributed by atoms with Crippen molar-refractivity contribution < 1.29 is 13.9 Å². The van der Waals surface area contributed by atoms with Crippen molar-refractivity contribution >= 4 is 17.2 Å². The van der Waals surface area contributed by atoms with Gasteiger partial charge in [0.15, 0.2) is 11.6 Å². The summed E-state index contributed by atoms with van der Waals surface area (Å²) in [7, 11) is 0. The number of tetrazole rings is 1. The van der Waals surface area contributed by atoms with E-state index in [1.54, 1.807) is 18.3 Å². The second-order valence-electron chi connectivity index (χ2n) is 8.85. The highest BCUT2D eigenvalue weighted by Gasteiger charge is 2.38. The first-order chi connectivity index (χ1) is 17.5. The van der Waals surface area contributed by atoms with Gasteiger partial charge in [0.1, 0.15) is 17.8 Å². The molecule has 9 nitrogen and oxygen atoms in total. The summed E-state index contributed by atoms with van der Waals surface area (Å²) >= 11 is 6.13. The van der Waals surface area contributed by atoms with Gasteiger partial charge in [0.05, 0.1) is 35.2 Å². The maximum absolute atomic E-state index is 15.2. The number of imidazole rings is 1. The summed E-state index contributed by atoms with van der Waals surface area (Å²) in [5.74, 6) is -0.308. The minimum absolute atomic E-state index is 0.00688.